The predicted molar refractivity (Wildman–Crippen MR) is 70.5 cm³/mol. The van der Waals surface area contributed by atoms with Crippen LogP contribution in [-0.4, -0.2) is 15.1 Å². The van der Waals surface area contributed by atoms with E-state index in [9.17, 15) is 5.11 Å². The molecule has 0 saturated heterocycles. The lowest BCUT2D eigenvalue weighted by atomic mass is 10.1. The number of aryl methyl sites for hydroxylation is 1. The van der Waals surface area contributed by atoms with E-state index in [1.165, 1.54) is 0 Å². The van der Waals surface area contributed by atoms with Gasteiger partial charge in [-0.3, -0.25) is 0 Å². The SMILES string of the molecule is Cc1nc(-c2ccccc2Br)ncc1C(C)O. The Hall–Kier alpha value is -1.26. The second-order valence-corrected chi connectivity index (χ2v) is 4.74. The van der Waals surface area contributed by atoms with Crippen molar-refractivity contribution in [3.8, 4) is 11.4 Å². The van der Waals surface area contributed by atoms with E-state index in [0.29, 0.717) is 5.82 Å². The summed E-state index contributed by atoms with van der Waals surface area (Å²) in [5.74, 6) is 0.666. The second kappa shape index (κ2) is 4.94. The molecule has 1 N–H and O–H groups in total. The molecule has 0 saturated carbocycles. The van der Waals surface area contributed by atoms with E-state index in [2.05, 4.69) is 25.9 Å². The number of halogens is 1. The highest BCUT2D eigenvalue weighted by Gasteiger charge is 2.10. The van der Waals surface area contributed by atoms with Gasteiger partial charge in [0.2, 0.25) is 0 Å². The summed E-state index contributed by atoms with van der Waals surface area (Å²) in [5, 5.41) is 9.53. The van der Waals surface area contributed by atoms with Crippen molar-refractivity contribution >= 4 is 15.9 Å². The fourth-order valence-electron chi connectivity index (χ4n) is 1.66. The summed E-state index contributed by atoms with van der Waals surface area (Å²) in [4.78, 5) is 8.72. The van der Waals surface area contributed by atoms with E-state index in [1.54, 1.807) is 13.1 Å². The van der Waals surface area contributed by atoms with Crippen molar-refractivity contribution in [2.45, 2.75) is 20.0 Å². The number of rotatable bonds is 2. The van der Waals surface area contributed by atoms with Gasteiger partial charge in [0.05, 0.1) is 6.10 Å². The van der Waals surface area contributed by atoms with Crippen LogP contribution in [0.1, 0.15) is 24.3 Å². The van der Waals surface area contributed by atoms with Crippen molar-refractivity contribution in [2.75, 3.05) is 0 Å². The van der Waals surface area contributed by atoms with Gasteiger partial charge in [-0.15, -0.1) is 0 Å². The molecule has 0 fully saturated rings. The molecule has 1 aromatic carbocycles. The summed E-state index contributed by atoms with van der Waals surface area (Å²) in [6.07, 6.45) is 1.14. The number of aliphatic hydroxyl groups excluding tert-OH is 1. The van der Waals surface area contributed by atoms with E-state index in [4.69, 9.17) is 0 Å². The number of aliphatic hydroxyl groups is 1. The molecule has 0 amide bonds. The van der Waals surface area contributed by atoms with Crippen LogP contribution in [0.3, 0.4) is 0 Å². The molecule has 0 aliphatic carbocycles. The lowest BCUT2D eigenvalue weighted by molar-refractivity contribution is 0.197. The van der Waals surface area contributed by atoms with Crippen molar-refractivity contribution in [2.24, 2.45) is 0 Å². The molecule has 1 heterocycles. The predicted octanol–water partition coefficient (Wildman–Crippen LogP) is 3.27. The highest BCUT2D eigenvalue weighted by Crippen LogP contribution is 2.26. The standard InChI is InChI=1S/C13H13BrN2O/c1-8-11(9(2)17)7-15-13(16-8)10-5-3-4-6-12(10)14/h3-7,9,17H,1-2H3. The summed E-state index contributed by atoms with van der Waals surface area (Å²) in [6.45, 7) is 3.59. The molecule has 2 aromatic rings. The van der Waals surface area contributed by atoms with Gasteiger partial charge in [0, 0.05) is 27.5 Å². The number of hydrogen-bond acceptors (Lipinski definition) is 3. The van der Waals surface area contributed by atoms with Crippen molar-refractivity contribution in [1.29, 1.82) is 0 Å². The van der Waals surface area contributed by atoms with Gasteiger partial charge >= 0.3 is 0 Å². The van der Waals surface area contributed by atoms with Crippen LogP contribution in [0, 0.1) is 6.92 Å². The minimum atomic E-state index is -0.539. The number of hydrogen-bond donors (Lipinski definition) is 1. The minimum absolute atomic E-state index is 0.539. The zero-order chi connectivity index (χ0) is 12.4. The quantitative estimate of drug-likeness (QED) is 0.924. The van der Waals surface area contributed by atoms with Crippen LogP contribution in [0.25, 0.3) is 11.4 Å². The number of nitrogens with zero attached hydrogens (tertiary/aromatic N) is 2. The highest BCUT2D eigenvalue weighted by atomic mass is 79.9. The molecule has 0 aliphatic rings. The zero-order valence-electron chi connectivity index (χ0n) is 9.68. The van der Waals surface area contributed by atoms with Crippen LogP contribution in [0.2, 0.25) is 0 Å². The Morgan fingerprint density at radius 3 is 2.59 bits per heavy atom. The molecule has 0 aliphatic heterocycles. The van der Waals surface area contributed by atoms with Gasteiger partial charge in [-0.2, -0.15) is 0 Å². The zero-order valence-corrected chi connectivity index (χ0v) is 11.3. The molecule has 1 atom stereocenters. The monoisotopic (exact) mass is 292 g/mol. The van der Waals surface area contributed by atoms with E-state index < -0.39 is 6.10 Å². The van der Waals surface area contributed by atoms with Crippen molar-refractivity contribution < 1.29 is 5.11 Å². The van der Waals surface area contributed by atoms with Crippen LogP contribution in [-0.2, 0) is 0 Å². The number of aromatic nitrogens is 2. The second-order valence-electron chi connectivity index (χ2n) is 3.89. The molecule has 1 unspecified atom stereocenters. The van der Waals surface area contributed by atoms with Crippen LogP contribution in [0.4, 0.5) is 0 Å². The Morgan fingerprint density at radius 1 is 1.29 bits per heavy atom. The summed E-state index contributed by atoms with van der Waals surface area (Å²) in [7, 11) is 0. The third kappa shape index (κ3) is 2.53. The van der Waals surface area contributed by atoms with Crippen molar-refractivity contribution in [1.82, 2.24) is 9.97 Å². The van der Waals surface area contributed by atoms with Gasteiger partial charge in [0.15, 0.2) is 5.82 Å². The molecule has 3 nitrogen and oxygen atoms in total. The van der Waals surface area contributed by atoms with Gasteiger partial charge < -0.3 is 5.11 Å². The summed E-state index contributed by atoms with van der Waals surface area (Å²) >= 11 is 3.48. The van der Waals surface area contributed by atoms with Crippen molar-refractivity contribution in [3.05, 3.63) is 46.2 Å². The molecule has 1 aromatic heterocycles. The Morgan fingerprint density at radius 2 is 2.00 bits per heavy atom. The largest absolute Gasteiger partial charge is 0.389 e. The number of benzene rings is 1. The van der Waals surface area contributed by atoms with Gasteiger partial charge in [0.25, 0.3) is 0 Å². The maximum absolute atomic E-state index is 9.53. The van der Waals surface area contributed by atoms with Gasteiger partial charge in [-0.25, -0.2) is 9.97 Å². The summed E-state index contributed by atoms with van der Waals surface area (Å²) in [6, 6.07) is 7.81. The average Bonchev–Trinajstić information content (AvgIpc) is 2.29. The highest BCUT2D eigenvalue weighted by molar-refractivity contribution is 9.10. The molecule has 0 radical (unpaired) electrons. The molecule has 0 spiro atoms. The molecule has 2 rings (SSSR count). The molecular formula is C13H13BrN2O. The fourth-order valence-corrected chi connectivity index (χ4v) is 2.12. The van der Waals surface area contributed by atoms with Crippen molar-refractivity contribution in [3.63, 3.8) is 0 Å². The van der Waals surface area contributed by atoms with E-state index in [1.807, 2.05) is 31.2 Å². The first-order valence-corrected chi connectivity index (χ1v) is 6.15. The maximum atomic E-state index is 9.53. The smallest absolute Gasteiger partial charge is 0.160 e. The van der Waals surface area contributed by atoms with E-state index >= 15 is 0 Å². The first-order valence-electron chi connectivity index (χ1n) is 5.36. The Bertz CT molecular complexity index is 541. The van der Waals surface area contributed by atoms with Gasteiger partial charge in [-0.1, -0.05) is 34.1 Å². The van der Waals surface area contributed by atoms with Crippen LogP contribution >= 0.6 is 15.9 Å². The van der Waals surface area contributed by atoms with E-state index in [0.717, 1.165) is 21.3 Å². The van der Waals surface area contributed by atoms with E-state index in [-0.39, 0.29) is 0 Å². The lowest BCUT2D eigenvalue weighted by Gasteiger charge is -2.09. The normalized spacial score (nSPS) is 12.5. The molecule has 17 heavy (non-hydrogen) atoms. The third-order valence-corrected chi connectivity index (χ3v) is 3.27. The summed E-state index contributed by atoms with van der Waals surface area (Å²) < 4.78 is 0.962. The minimum Gasteiger partial charge on any atom is -0.389 e. The summed E-state index contributed by atoms with van der Waals surface area (Å²) in [5.41, 5.74) is 2.52. The molecular weight excluding hydrogens is 280 g/mol. The lowest BCUT2D eigenvalue weighted by Crippen LogP contribution is -2.01. The Kier molecular flexibility index (Phi) is 3.54. The molecule has 88 valence electrons. The maximum Gasteiger partial charge on any atom is 0.160 e. The molecule has 0 bridgehead atoms. The average molecular weight is 293 g/mol. The topological polar surface area (TPSA) is 46.0 Å². The Labute approximate surface area is 109 Å². The third-order valence-electron chi connectivity index (χ3n) is 2.58. The fraction of sp³-hybridized carbons (Fsp3) is 0.231. The Balaban J connectivity index is 2.49. The van der Waals surface area contributed by atoms with Gasteiger partial charge in [-0.05, 0) is 19.9 Å². The van der Waals surface area contributed by atoms with Crippen LogP contribution < -0.4 is 0 Å². The van der Waals surface area contributed by atoms with Crippen LogP contribution in [0.5, 0.6) is 0 Å². The molecule has 4 heteroatoms. The van der Waals surface area contributed by atoms with Crippen LogP contribution in [0.15, 0.2) is 34.9 Å². The first kappa shape index (κ1) is 12.2. The van der Waals surface area contributed by atoms with Gasteiger partial charge in [0.1, 0.15) is 0 Å². The first-order chi connectivity index (χ1) is 8.09.